The molecular formula is C14H16F2N4O2. The molecule has 0 spiro atoms. The number of rotatable bonds is 6. The number of amides is 1. The molecule has 0 aliphatic carbocycles. The van der Waals surface area contributed by atoms with E-state index in [1.165, 1.54) is 18.3 Å². The maximum Gasteiger partial charge on any atom is 0.387 e. The summed E-state index contributed by atoms with van der Waals surface area (Å²) in [5.41, 5.74) is 6.70. The minimum absolute atomic E-state index is 0.00350. The van der Waals surface area contributed by atoms with Crippen LogP contribution in [0.2, 0.25) is 0 Å². The molecule has 0 fully saturated rings. The first-order chi connectivity index (χ1) is 10.5. The van der Waals surface area contributed by atoms with Crippen molar-refractivity contribution < 1.29 is 18.3 Å². The number of ether oxygens (including phenoxy) is 1. The lowest BCUT2D eigenvalue weighted by Gasteiger charge is -2.11. The highest BCUT2D eigenvalue weighted by Crippen LogP contribution is 2.26. The van der Waals surface area contributed by atoms with Crippen LogP contribution in [0.15, 0.2) is 30.5 Å². The molecular weight excluding hydrogens is 294 g/mol. The maximum absolute atomic E-state index is 12.3. The molecule has 6 nitrogen and oxygen atoms in total. The standard InChI is InChI=1S/C14H16F2N4O2/c1-8(6-17)19-13(21)11-7-18-20-12(11)9-3-2-4-10(5-9)22-14(15)16/h2-5,7-8,14H,6,17H2,1H3,(H,18,20)(H,19,21)/t8-/m0/s1. The number of carbonyl (C=O) groups is 1. The molecule has 1 amide bonds. The van der Waals surface area contributed by atoms with Crippen molar-refractivity contribution in [3.63, 3.8) is 0 Å². The van der Waals surface area contributed by atoms with E-state index in [2.05, 4.69) is 20.3 Å². The Balaban J connectivity index is 2.27. The number of aromatic nitrogens is 2. The molecule has 22 heavy (non-hydrogen) atoms. The first-order valence-electron chi connectivity index (χ1n) is 6.60. The fourth-order valence-corrected chi connectivity index (χ4v) is 1.87. The summed E-state index contributed by atoms with van der Waals surface area (Å²) in [6, 6.07) is 5.83. The summed E-state index contributed by atoms with van der Waals surface area (Å²) < 4.78 is 28.9. The number of benzene rings is 1. The fourth-order valence-electron chi connectivity index (χ4n) is 1.87. The van der Waals surface area contributed by atoms with Crippen molar-refractivity contribution in [1.29, 1.82) is 0 Å². The normalized spacial score (nSPS) is 12.2. The SMILES string of the molecule is C[C@@H](CN)NC(=O)c1cn[nH]c1-c1cccc(OC(F)F)c1. The van der Waals surface area contributed by atoms with Crippen LogP contribution in [0.1, 0.15) is 17.3 Å². The number of alkyl halides is 2. The van der Waals surface area contributed by atoms with Gasteiger partial charge in [0.2, 0.25) is 0 Å². The molecule has 2 aromatic rings. The van der Waals surface area contributed by atoms with Gasteiger partial charge < -0.3 is 15.8 Å². The van der Waals surface area contributed by atoms with E-state index in [4.69, 9.17) is 5.73 Å². The molecule has 4 N–H and O–H groups in total. The molecule has 1 heterocycles. The number of H-pyrrole nitrogens is 1. The van der Waals surface area contributed by atoms with Gasteiger partial charge in [0.05, 0.1) is 17.5 Å². The molecule has 1 atom stereocenters. The van der Waals surface area contributed by atoms with E-state index in [1.807, 2.05) is 0 Å². The van der Waals surface area contributed by atoms with Crippen LogP contribution in [0.25, 0.3) is 11.3 Å². The summed E-state index contributed by atoms with van der Waals surface area (Å²) in [5.74, 6) is -0.342. The van der Waals surface area contributed by atoms with Crippen molar-refractivity contribution in [3.8, 4) is 17.0 Å². The summed E-state index contributed by atoms with van der Waals surface area (Å²) in [7, 11) is 0. The van der Waals surface area contributed by atoms with Crippen LogP contribution in [-0.2, 0) is 0 Å². The van der Waals surface area contributed by atoms with Gasteiger partial charge in [-0.25, -0.2) is 0 Å². The van der Waals surface area contributed by atoms with Crippen LogP contribution in [0.3, 0.4) is 0 Å². The summed E-state index contributed by atoms with van der Waals surface area (Å²) in [6.07, 6.45) is 1.37. The highest BCUT2D eigenvalue weighted by atomic mass is 19.3. The lowest BCUT2D eigenvalue weighted by Crippen LogP contribution is -2.37. The second-order valence-corrected chi connectivity index (χ2v) is 4.68. The smallest absolute Gasteiger partial charge is 0.387 e. The average Bonchev–Trinajstić information content (AvgIpc) is 2.96. The zero-order valence-electron chi connectivity index (χ0n) is 11.8. The van der Waals surface area contributed by atoms with Crippen LogP contribution in [0.5, 0.6) is 5.75 Å². The summed E-state index contributed by atoms with van der Waals surface area (Å²) in [6.45, 7) is -0.837. The number of carbonyl (C=O) groups excluding carboxylic acids is 1. The molecule has 0 aliphatic heterocycles. The monoisotopic (exact) mass is 310 g/mol. The van der Waals surface area contributed by atoms with Gasteiger partial charge in [0.1, 0.15) is 5.75 Å². The van der Waals surface area contributed by atoms with Crippen LogP contribution < -0.4 is 15.8 Å². The highest BCUT2D eigenvalue weighted by molar-refractivity contribution is 5.99. The zero-order valence-corrected chi connectivity index (χ0v) is 11.8. The Hall–Kier alpha value is -2.48. The zero-order chi connectivity index (χ0) is 16.1. The van der Waals surface area contributed by atoms with Crippen molar-refractivity contribution in [2.75, 3.05) is 6.54 Å². The van der Waals surface area contributed by atoms with E-state index < -0.39 is 6.61 Å². The minimum atomic E-state index is -2.91. The predicted octanol–water partition coefficient (Wildman–Crippen LogP) is 1.76. The Labute approximate surface area is 125 Å². The van der Waals surface area contributed by atoms with E-state index >= 15 is 0 Å². The third-order valence-electron chi connectivity index (χ3n) is 2.96. The van der Waals surface area contributed by atoms with Gasteiger partial charge in [-0.3, -0.25) is 9.89 Å². The Bertz CT molecular complexity index is 645. The van der Waals surface area contributed by atoms with Gasteiger partial charge in [-0.05, 0) is 19.1 Å². The first-order valence-corrected chi connectivity index (χ1v) is 6.60. The number of nitrogens with two attached hydrogens (primary N) is 1. The largest absolute Gasteiger partial charge is 0.435 e. The summed E-state index contributed by atoms with van der Waals surface area (Å²) >= 11 is 0. The number of halogens is 2. The Morgan fingerprint density at radius 2 is 2.27 bits per heavy atom. The van der Waals surface area contributed by atoms with Gasteiger partial charge in [0.15, 0.2) is 0 Å². The molecule has 0 saturated carbocycles. The van der Waals surface area contributed by atoms with Crippen LogP contribution in [-0.4, -0.2) is 35.3 Å². The van der Waals surface area contributed by atoms with Crippen molar-refractivity contribution in [2.45, 2.75) is 19.6 Å². The van der Waals surface area contributed by atoms with Crippen LogP contribution in [0, 0.1) is 0 Å². The first kappa shape index (κ1) is 15.9. The predicted molar refractivity (Wildman–Crippen MR) is 76.6 cm³/mol. The van der Waals surface area contributed by atoms with E-state index in [0.29, 0.717) is 23.4 Å². The van der Waals surface area contributed by atoms with E-state index in [9.17, 15) is 13.6 Å². The Morgan fingerprint density at radius 3 is 2.95 bits per heavy atom. The molecule has 118 valence electrons. The number of nitrogens with zero attached hydrogens (tertiary/aromatic N) is 1. The van der Waals surface area contributed by atoms with Gasteiger partial charge in [0.25, 0.3) is 5.91 Å². The van der Waals surface area contributed by atoms with Crippen LogP contribution in [0.4, 0.5) is 8.78 Å². The van der Waals surface area contributed by atoms with Gasteiger partial charge in [-0.2, -0.15) is 13.9 Å². The van der Waals surface area contributed by atoms with Gasteiger partial charge in [0, 0.05) is 18.2 Å². The highest BCUT2D eigenvalue weighted by Gasteiger charge is 2.17. The summed E-state index contributed by atoms with van der Waals surface area (Å²) in [4.78, 5) is 12.2. The molecule has 1 aromatic carbocycles. The molecule has 0 saturated heterocycles. The van der Waals surface area contributed by atoms with E-state index in [1.54, 1.807) is 19.1 Å². The summed E-state index contributed by atoms with van der Waals surface area (Å²) in [5, 5.41) is 9.24. The topological polar surface area (TPSA) is 93.0 Å². The second kappa shape index (κ2) is 6.99. The van der Waals surface area contributed by atoms with Gasteiger partial charge in [-0.1, -0.05) is 12.1 Å². The molecule has 1 aromatic heterocycles. The molecule has 0 unspecified atom stereocenters. The van der Waals surface area contributed by atoms with Crippen molar-refractivity contribution in [2.24, 2.45) is 5.73 Å². The number of hydrogen-bond donors (Lipinski definition) is 3. The maximum atomic E-state index is 12.3. The van der Waals surface area contributed by atoms with Crippen molar-refractivity contribution in [3.05, 3.63) is 36.0 Å². The third kappa shape index (κ3) is 3.79. The lowest BCUT2D eigenvalue weighted by atomic mass is 10.1. The van der Waals surface area contributed by atoms with Crippen LogP contribution >= 0.6 is 0 Å². The number of nitrogens with one attached hydrogen (secondary N) is 2. The number of hydrogen-bond acceptors (Lipinski definition) is 4. The van der Waals surface area contributed by atoms with Gasteiger partial charge >= 0.3 is 6.61 Å². The second-order valence-electron chi connectivity index (χ2n) is 4.68. The molecule has 0 bridgehead atoms. The van der Waals surface area contributed by atoms with Crippen molar-refractivity contribution in [1.82, 2.24) is 15.5 Å². The van der Waals surface area contributed by atoms with Gasteiger partial charge in [-0.15, -0.1) is 0 Å². The molecule has 0 aliphatic rings. The van der Waals surface area contributed by atoms with E-state index in [0.717, 1.165) is 0 Å². The molecule has 0 radical (unpaired) electrons. The van der Waals surface area contributed by atoms with Crippen molar-refractivity contribution >= 4 is 5.91 Å². The number of aromatic amines is 1. The Kier molecular flexibility index (Phi) is 5.05. The minimum Gasteiger partial charge on any atom is -0.435 e. The molecule has 8 heteroatoms. The third-order valence-corrected chi connectivity index (χ3v) is 2.96. The quantitative estimate of drug-likeness (QED) is 0.758. The lowest BCUT2D eigenvalue weighted by molar-refractivity contribution is -0.0498. The average molecular weight is 310 g/mol. The fraction of sp³-hybridized carbons (Fsp3) is 0.286. The van der Waals surface area contributed by atoms with E-state index in [-0.39, 0.29) is 17.7 Å². The molecule has 2 rings (SSSR count). The Morgan fingerprint density at radius 1 is 1.50 bits per heavy atom.